The highest BCUT2D eigenvalue weighted by Crippen LogP contribution is 2.25. The number of carbonyl (C=O) groups excluding carboxylic acids is 4. The Morgan fingerprint density at radius 3 is 2.35 bits per heavy atom. The molecular weight excluding hydrogens is 420 g/mol. The number of hydrogen-bond acceptors (Lipinski definition) is 6. The van der Waals surface area contributed by atoms with Crippen molar-refractivity contribution >= 4 is 46.7 Å². The molecule has 10 heteroatoms. The van der Waals surface area contributed by atoms with Crippen LogP contribution in [0.1, 0.15) is 49.4 Å². The number of rotatable bonds is 6. The van der Waals surface area contributed by atoms with Gasteiger partial charge in [-0.05, 0) is 56.2 Å². The Labute approximate surface area is 185 Å². The number of benzene rings is 1. The van der Waals surface area contributed by atoms with Crippen molar-refractivity contribution in [1.82, 2.24) is 16.2 Å². The Morgan fingerprint density at radius 2 is 1.71 bits per heavy atom. The predicted octanol–water partition coefficient (Wildman–Crippen LogP) is 1.96. The number of carbonyl (C=O) groups is 4. The summed E-state index contributed by atoms with van der Waals surface area (Å²) in [6.07, 6.45) is 7.09. The zero-order valence-corrected chi connectivity index (χ0v) is 18.1. The molecule has 0 aliphatic heterocycles. The zero-order valence-electron chi connectivity index (χ0n) is 17.2. The molecule has 0 radical (unpaired) electrons. The summed E-state index contributed by atoms with van der Waals surface area (Å²) in [6.45, 7) is 1.85. The summed E-state index contributed by atoms with van der Waals surface area (Å²) >= 11 is 4.90. The van der Waals surface area contributed by atoms with E-state index in [2.05, 4.69) is 26.2 Å². The highest BCUT2D eigenvalue weighted by Gasteiger charge is 2.21. The lowest BCUT2D eigenvalue weighted by Crippen LogP contribution is -2.48. The molecule has 31 heavy (non-hydrogen) atoms. The van der Waals surface area contributed by atoms with Crippen molar-refractivity contribution in [2.75, 3.05) is 11.9 Å². The molecule has 1 aliphatic carbocycles. The van der Waals surface area contributed by atoms with Crippen LogP contribution in [0.2, 0.25) is 0 Å². The molecule has 1 aromatic rings. The average molecular weight is 447 g/mol. The van der Waals surface area contributed by atoms with E-state index in [1.807, 2.05) is 0 Å². The van der Waals surface area contributed by atoms with Crippen LogP contribution in [0.15, 0.2) is 36.4 Å². The fourth-order valence-electron chi connectivity index (χ4n) is 3.02. The highest BCUT2D eigenvalue weighted by molar-refractivity contribution is 7.80. The minimum absolute atomic E-state index is 0.0108. The number of esters is 1. The van der Waals surface area contributed by atoms with Crippen LogP contribution in [0.5, 0.6) is 0 Å². The van der Waals surface area contributed by atoms with Crippen molar-refractivity contribution in [3.63, 3.8) is 0 Å². The first-order valence-electron chi connectivity index (χ1n) is 10.1. The van der Waals surface area contributed by atoms with Crippen molar-refractivity contribution in [1.29, 1.82) is 0 Å². The average Bonchev–Trinajstić information content (AvgIpc) is 2.77. The number of nitrogens with one attached hydrogen (secondary N) is 4. The molecule has 1 saturated carbocycles. The fourth-order valence-corrected chi connectivity index (χ4v) is 3.17. The van der Waals surface area contributed by atoms with E-state index < -0.39 is 17.8 Å². The molecule has 166 valence electrons. The van der Waals surface area contributed by atoms with E-state index in [-0.39, 0.29) is 23.5 Å². The van der Waals surface area contributed by atoms with Gasteiger partial charge in [0.2, 0.25) is 11.8 Å². The van der Waals surface area contributed by atoms with Crippen LogP contribution in [-0.2, 0) is 19.1 Å². The van der Waals surface area contributed by atoms with Crippen LogP contribution in [0, 0.1) is 5.92 Å². The zero-order chi connectivity index (χ0) is 22.6. The molecule has 0 unspecified atom stereocenters. The maximum Gasteiger partial charge on any atom is 0.330 e. The SMILES string of the molecule is CCOC(=O)/C=C/C(=O)NC(=S)NNC(=O)c1ccc(NC(=O)C2CCCCC2)cc1. The number of amides is 3. The lowest BCUT2D eigenvalue weighted by molar-refractivity contribution is -0.137. The van der Waals surface area contributed by atoms with E-state index in [0.717, 1.165) is 37.8 Å². The molecule has 1 fully saturated rings. The molecule has 2 rings (SSSR count). The first-order chi connectivity index (χ1) is 14.9. The van der Waals surface area contributed by atoms with Gasteiger partial charge in [-0.1, -0.05) is 19.3 Å². The monoisotopic (exact) mass is 446 g/mol. The minimum atomic E-state index is -0.655. The molecule has 9 nitrogen and oxygen atoms in total. The Bertz CT molecular complexity index is 848. The van der Waals surface area contributed by atoms with Crippen molar-refractivity contribution in [3.8, 4) is 0 Å². The number of hydrazine groups is 1. The summed E-state index contributed by atoms with van der Waals surface area (Å²) in [5.74, 6) is -1.73. The van der Waals surface area contributed by atoms with Gasteiger partial charge in [0.1, 0.15) is 0 Å². The predicted molar refractivity (Wildman–Crippen MR) is 119 cm³/mol. The smallest absolute Gasteiger partial charge is 0.330 e. The molecule has 4 N–H and O–H groups in total. The summed E-state index contributed by atoms with van der Waals surface area (Å²) < 4.78 is 4.65. The maximum absolute atomic E-state index is 12.3. The van der Waals surface area contributed by atoms with Gasteiger partial charge in [0, 0.05) is 29.3 Å². The largest absolute Gasteiger partial charge is 0.463 e. The second kappa shape index (κ2) is 12.4. The van der Waals surface area contributed by atoms with Crippen molar-refractivity contribution < 1.29 is 23.9 Å². The van der Waals surface area contributed by atoms with Crippen LogP contribution in [-0.4, -0.2) is 35.4 Å². The summed E-state index contributed by atoms with van der Waals surface area (Å²) in [5, 5.41) is 5.00. The van der Waals surface area contributed by atoms with E-state index in [0.29, 0.717) is 11.3 Å². The van der Waals surface area contributed by atoms with E-state index in [4.69, 9.17) is 12.2 Å². The van der Waals surface area contributed by atoms with Crippen LogP contribution in [0.4, 0.5) is 5.69 Å². The van der Waals surface area contributed by atoms with Crippen LogP contribution in [0.25, 0.3) is 0 Å². The quantitative estimate of drug-likeness (QED) is 0.228. The normalized spacial score (nSPS) is 13.8. The van der Waals surface area contributed by atoms with Gasteiger partial charge < -0.3 is 10.1 Å². The Hall–Kier alpha value is -3.27. The molecule has 0 spiro atoms. The molecule has 0 saturated heterocycles. The van der Waals surface area contributed by atoms with Gasteiger partial charge in [-0.25, -0.2) is 4.79 Å². The van der Waals surface area contributed by atoms with Gasteiger partial charge >= 0.3 is 5.97 Å². The second-order valence-corrected chi connectivity index (χ2v) is 7.29. The summed E-state index contributed by atoms with van der Waals surface area (Å²) in [7, 11) is 0. The molecule has 0 atom stereocenters. The van der Waals surface area contributed by atoms with E-state index in [9.17, 15) is 19.2 Å². The Kier molecular flexibility index (Phi) is 9.63. The van der Waals surface area contributed by atoms with Crippen molar-refractivity contribution in [3.05, 3.63) is 42.0 Å². The standard InChI is InChI=1S/C21H26N4O5S/c1-2-30-18(27)13-12-17(26)23-21(31)25-24-20(29)15-8-10-16(11-9-15)22-19(28)14-6-4-3-5-7-14/h8-14H,2-7H2,1H3,(H,22,28)(H,24,29)(H2,23,25,26,31)/b13-12+. The van der Waals surface area contributed by atoms with Crippen molar-refractivity contribution in [2.45, 2.75) is 39.0 Å². The van der Waals surface area contributed by atoms with Gasteiger partial charge in [-0.15, -0.1) is 0 Å². The molecule has 1 aliphatic rings. The van der Waals surface area contributed by atoms with Gasteiger partial charge in [-0.2, -0.15) is 0 Å². The van der Waals surface area contributed by atoms with Gasteiger partial charge in [0.15, 0.2) is 5.11 Å². The van der Waals surface area contributed by atoms with Gasteiger partial charge in [-0.3, -0.25) is 30.6 Å². The van der Waals surface area contributed by atoms with E-state index in [1.165, 1.54) is 6.42 Å². The molecule has 1 aromatic carbocycles. The number of thiocarbonyl (C=S) groups is 1. The first-order valence-corrected chi connectivity index (χ1v) is 10.5. The third kappa shape index (κ3) is 8.55. The summed E-state index contributed by atoms with van der Waals surface area (Å²) in [4.78, 5) is 47.3. The molecule has 0 heterocycles. The number of hydrogen-bond donors (Lipinski definition) is 4. The number of anilines is 1. The lowest BCUT2D eigenvalue weighted by Gasteiger charge is -2.20. The topological polar surface area (TPSA) is 126 Å². The molecule has 0 aromatic heterocycles. The highest BCUT2D eigenvalue weighted by atomic mass is 32.1. The van der Waals surface area contributed by atoms with E-state index in [1.54, 1.807) is 31.2 Å². The molecule has 0 bridgehead atoms. The van der Waals surface area contributed by atoms with Gasteiger partial charge in [0.25, 0.3) is 5.91 Å². The summed E-state index contributed by atoms with van der Waals surface area (Å²) in [5.41, 5.74) is 5.70. The third-order valence-electron chi connectivity index (χ3n) is 4.57. The fraction of sp³-hybridized carbons (Fsp3) is 0.381. The number of ether oxygens (including phenoxy) is 1. The third-order valence-corrected chi connectivity index (χ3v) is 4.78. The lowest BCUT2D eigenvalue weighted by atomic mass is 9.88. The van der Waals surface area contributed by atoms with Crippen molar-refractivity contribution in [2.24, 2.45) is 5.92 Å². The van der Waals surface area contributed by atoms with E-state index >= 15 is 0 Å². The van der Waals surface area contributed by atoms with Crippen LogP contribution < -0.4 is 21.5 Å². The minimum Gasteiger partial charge on any atom is -0.463 e. The van der Waals surface area contributed by atoms with Crippen LogP contribution in [0.3, 0.4) is 0 Å². The first kappa shape index (κ1) is 24.0. The maximum atomic E-state index is 12.3. The van der Waals surface area contributed by atoms with Gasteiger partial charge in [0.05, 0.1) is 6.61 Å². The Morgan fingerprint density at radius 1 is 1.03 bits per heavy atom. The molecular formula is C21H26N4O5S. The second-order valence-electron chi connectivity index (χ2n) is 6.88. The molecule has 3 amide bonds. The van der Waals surface area contributed by atoms with Crippen LogP contribution >= 0.6 is 12.2 Å². The Balaban J connectivity index is 1.76. The summed E-state index contributed by atoms with van der Waals surface area (Å²) in [6, 6.07) is 6.43.